The van der Waals surface area contributed by atoms with Crippen LogP contribution in [0, 0.1) is 0 Å². The van der Waals surface area contributed by atoms with E-state index in [1.807, 2.05) is 30.4 Å². The van der Waals surface area contributed by atoms with Gasteiger partial charge < -0.3 is 47.7 Å². The summed E-state index contributed by atoms with van der Waals surface area (Å²) in [6, 6.07) is 18.6. The zero-order valence-electron chi connectivity index (χ0n) is 31.8. The summed E-state index contributed by atoms with van der Waals surface area (Å²) in [6.45, 7) is 9.88. The normalized spacial score (nSPS) is 11.6. The minimum Gasteiger partial charge on any atom is -0.382 e. The van der Waals surface area contributed by atoms with Crippen molar-refractivity contribution in [3.8, 4) is 0 Å². The number of ether oxygens (including phenoxy) is 8. The lowest BCUT2D eigenvalue weighted by molar-refractivity contribution is 0.0677. The van der Waals surface area contributed by atoms with E-state index in [4.69, 9.17) is 49.5 Å². The molecular formula is C40H57ClN4O8. The van der Waals surface area contributed by atoms with Crippen molar-refractivity contribution in [1.82, 2.24) is 9.97 Å². The molecule has 12 nitrogen and oxygen atoms in total. The van der Waals surface area contributed by atoms with E-state index < -0.39 is 0 Å². The van der Waals surface area contributed by atoms with Gasteiger partial charge in [-0.3, -0.25) is 0 Å². The molecule has 13 heteroatoms. The number of nitrogens with zero attached hydrogens (tertiary/aromatic N) is 4. The summed E-state index contributed by atoms with van der Waals surface area (Å²) >= 11 is 6.33. The SMILES string of the molecule is COCCOCCN(CCOCCOC)c1ccc(/C=C/c2cc(/C=C/c3ccc(N(CCOCCOC)CCOCCOC)cc3)nc(Cl)n2)cc1. The maximum atomic E-state index is 6.33. The maximum Gasteiger partial charge on any atom is 0.223 e. The molecular weight excluding hydrogens is 700 g/mol. The average molecular weight is 757 g/mol. The van der Waals surface area contributed by atoms with Crippen molar-refractivity contribution in [2.45, 2.75) is 0 Å². The molecule has 0 radical (unpaired) electrons. The van der Waals surface area contributed by atoms with Crippen LogP contribution in [0.15, 0.2) is 54.6 Å². The zero-order chi connectivity index (χ0) is 37.8. The van der Waals surface area contributed by atoms with E-state index in [2.05, 4.69) is 68.3 Å². The second kappa shape index (κ2) is 28.1. The Morgan fingerprint density at radius 3 is 1.08 bits per heavy atom. The van der Waals surface area contributed by atoms with Gasteiger partial charge in [-0.15, -0.1) is 0 Å². The van der Waals surface area contributed by atoms with Crippen LogP contribution in [0.1, 0.15) is 22.5 Å². The van der Waals surface area contributed by atoms with Crippen LogP contribution < -0.4 is 9.80 Å². The van der Waals surface area contributed by atoms with E-state index in [-0.39, 0.29) is 5.28 Å². The third-order valence-corrected chi connectivity index (χ3v) is 8.07. The minimum absolute atomic E-state index is 0.185. The van der Waals surface area contributed by atoms with Crippen LogP contribution in [-0.2, 0) is 37.9 Å². The Balaban J connectivity index is 1.61. The summed E-state index contributed by atoms with van der Waals surface area (Å²) in [5.74, 6) is 0. The molecule has 0 spiro atoms. The summed E-state index contributed by atoms with van der Waals surface area (Å²) in [5, 5.41) is 0.185. The van der Waals surface area contributed by atoms with E-state index in [9.17, 15) is 0 Å². The Morgan fingerprint density at radius 2 is 0.774 bits per heavy atom. The first-order valence-corrected chi connectivity index (χ1v) is 18.3. The first kappa shape index (κ1) is 44.0. The number of hydrogen-bond acceptors (Lipinski definition) is 12. The van der Waals surface area contributed by atoms with Gasteiger partial charge in [0.25, 0.3) is 0 Å². The molecule has 0 unspecified atom stereocenters. The molecule has 3 aromatic rings. The fraction of sp³-hybridized carbons (Fsp3) is 0.500. The Morgan fingerprint density at radius 1 is 0.453 bits per heavy atom. The van der Waals surface area contributed by atoms with Gasteiger partial charge in [-0.25, -0.2) is 9.97 Å². The van der Waals surface area contributed by atoms with Crippen molar-refractivity contribution in [1.29, 1.82) is 0 Å². The topological polar surface area (TPSA) is 106 Å². The van der Waals surface area contributed by atoms with Crippen LogP contribution in [0.5, 0.6) is 0 Å². The van der Waals surface area contributed by atoms with Gasteiger partial charge in [0.1, 0.15) is 0 Å². The number of methoxy groups -OCH3 is 4. The molecule has 0 bridgehead atoms. The highest BCUT2D eigenvalue weighted by atomic mass is 35.5. The number of anilines is 2. The van der Waals surface area contributed by atoms with Gasteiger partial charge >= 0.3 is 0 Å². The van der Waals surface area contributed by atoms with Gasteiger partial charge in [-0.2, -0.15) is 0 Å². The van der Waals surface area contributed by atoms with E-state index in [0.29, 0.717) is 90.7 Å². The molecule has 0 saturated carbocycles. The number of benzene rings is 2. The van der Waals surface area contributed by atoms with E-state index >= 15 is 0 Å². The molecule has 0 atom stereocenters. The van der Waals surface area contributed by atoms with Crippen molar-refractivity contribution in [3.63, 3.8) is 0 Å². The van der Waals surface area contributed by atoms with Crippen LogP contribution >= 0.6 is 11.6 Å². The van der Waals surface area contributed by atoms with Crippen molar-refractivity contribution in [2.24, 2.45) is 0 Å². The molecule has 0 aliphatic heterocycles. The maximum absolute atomic E-state index is 6.33. The van der Waals surface area contributed by atoms with Gasteiger partial charge in [-0.05, 0) is 65.2 Å². The fourth-order valence-electron chi connectivity index (χ4n) is 5.00. The van der Waals surface area contributed by atoms with Crippen molar-refractivity contribution >= 4 is 47.3 Å². The van der Waals surface area contributed by atoms with Gasteiger partial charge in [0, 0.05) is 66.0 Å². The summed E-state index contributed by atoms with van der Waals surface area (Å²) < 4.78 is 43.2. The standard InChI is InChI=1S/C40H57ClN4O8/c1-46-25-29-50-21-17-44(18-22-51-30-26-47-2)38-13-7-34(8-14-38)5-11-36-33-37(43-40(41)42-36)12-6-35-9-15-39(16-10-35)45(19-23-52-31-27-48-3)20-24-53-32-28-49-4/h5-16,33H,17-32H2,1-4H3/b11-5+,12-6+. The second-order valence-electron chi connectivity index (χ2n) is 11.7. The Kier molecular flexibility index (Phi) is 23.3. The van der Waals surface area contributed by atoms with E-state index in [1.54, 1.807) is 28.4 Å². The number of aromatic nitrogens is 2. The number of rotatable bonds is 30. The van der Waals surface area contributed by atoms with Crippen LogP contribution in [-0.4, -0.2) is 144 Å². The van der Waals surface area contributed by atoms with E-state index in [1.165, 1.54) is 0 Å². The molecule has 1 aromatic heterocycles. The molecule has 3 rings (SSSR count). The zero-order valence-corrected chi connectivity index (χ0v) is 32.5. The monoisotopic (exact) mass is 756 g/mol. The lowest BCUT2D eigenvalue weighted by atomic mass is 10.1. The van der Waals surface area contributed by atoms with Crippen LogP contribution in [0.25, 0.3) is 24.3 Å². The molecule has 0 fully saturated rings. The highest BCUT2D eigenvalue weighted by molar-refractivity contribution is 6.28. The van der Waals surface area contributed by atoms with Crippen LogP contribution in [0.2, 0.25) is 5.28 Å². The lowest BCUT2D eigenvalue weighted by Crippen LogP contribution is -2.31. The number of halogens is 1. The minimum atomic E-state index is 0.185. The third-order valence-electron chi connectivity index (χ3n) is 7.90. The largest absolute Gasteiger partial charge is 0.382 e. The first-order chi connectivity index (χ1) is 26.1. The molecule has 0 aliphatic rings. The summed E-state index contributed by atoms with van der Waals surface area (Å²) in [7, 11) is 6.68. The fourth-order valence-corrected chi connectivity index (χ4v) is 5.19. The molecule has 292 valence electrons. The molecule has 2 aromatic carbocycles. The second-order valence-corrected chi connectivity index (χ2v) is 12.1. The first-order valence-electron chi connectivity index (χ1n) is 17.9. The molecule has 0 saturated heterocycles. The summed E-state index contributed by atoms with van der Waals surface area (Å²) in [6.07, 6.45) is 7.90. The van der Waals surface area contributed by atoms with Crippen molar-refractivity contribution in [3.05, 3.63) is 82.4 Å². The Hall–Kier alpha value is -3.43. The molecule has 0 aliphatic carbocycles. The van der Waals surface area contributed by atoms with Gasteiger partial charge in [0.15, 0.2) is 0 Å². The highest BCUT2D eigenvalue weighted by Crippen LogP contribution is 2.19. The summed E-state index contributed by atoms with van der Waals surface area (Å²) in [4.78, 5) is 13.3. The average Bonchev–Trinajstić information content (AvgIpc) is 3.17. The third kappa shape index (κ3) is 18.9. The van der Waals surface area contributed by atoms with Gasteiger partial charge in [-0.1, -0.05) is 36.4 Å². The Labute approximate surface area is 320 Å². The van der Waals surface area contributed by atoms with Crippen LogP contribution in [0.3, 0.4) is 0 Å². The molecule has 0 N–H and O–H groups in total. The van der Waals surface area contributed by atoms with Crippen molar-refractivity contribution in [2.75, 3.05) is 144 Å². The van der Waals surface area contributed by atoms with Crippen LogP contribution in [0.4, 0.5) is 11.4 Å². The predicted molar refractivity (Wildman–Crippen MR) is 213 cm³/mol. The molecule has 1 heterocycles. The highest BCUT2D eigenvalue weighted by Gasteiger charge is 2.09. The Bertz CT molecular complexity index is 1300. The van der Waals surface area contributed by atoms with E-state index in [0.717, 1.165) is 48.7 Å². The molecule has 53 heavy (non-hydrogen) atoms. The molecule has 0 amide bonds. The summed E-state index contributed by atoms with van der Waals surface area (Å²) in [5.41, 5.74) is 5.66. The predicted octanol–water partition coefficient (Wildman–Crippen LogP) is 5.74. The van der Waals surface area contributed by atoms with Gasteiger partial charge in [0.2, 0.25) is 5.28 Å². The lowest BCUT2D eigenvalue weighted by Gasteiger charge is -2.25. The quantitative estimate of drug-likeness (QED) is 0.0613. The smallest absolute Gasteiger partial charge is 0.223 e. The van der Waals surface area contributed by atoms with Crippen molar-refractivity contribution < 1.29 is 37.9 Å². The van der Waals surface area contributed by atoms with Gasteiger partial charge in [0.05, 0.1) is 90.7 Å². The number of hydrogen-bond donors (Lipinski definition) is 0.